The van der Waals surface area contributed by atoms with E-state index in [0.29, 0.717) is 17.2 Å². The van der Waals surface area contributed by atoms with Crippen LogP contribution in [0.25, 0.3) is 27.9 Å². The van der Waals surface area contributed by atoms with Crippen LogP contribution in [0.15, 0.2) is 115 Å². The number of rotatable bonds is 7. The summed E-state index contributed by atoms with van der Waals surface area (Å²) >= 11 is 0. The van der Waals surface area contributed by atoms with Gasteiger partial charge in [0, 0.05) is 28.1 Å². The van der Waals surface area contributed by atoms with E-state index in [1.807, 2.05) is 91.9 Å². The van der Waals surface area contributed by atoms with Crippen molar-refractivity contribution in [2.24, 2.45) is 0 Å². The van der Waals surface area contributed by atoms with Gasteiger partial charge in [-0.3, -0.25) is 4.79 Å². The highest BCUT2D eigenvalue weighted by molar-refractivity contribution is 6.04. The molecule has 6 rings (SSSR count). The molecule has 196 valence electrons. The molecule has 2 N–H and O–H groups in total. The normalized spacial score (nSPS) is 10.8. The lowest BCUT2D eigenvalue weighted by Gasteiger charge is -2.12. The maximum absolute atomic E-state index is 12.6. The number of hydrogen-bond donors (Lipinski definition) is 2. The average Bonchev–Trinajstić information content (AvgIpc) is 3.48. The minimum Gasteiger partial charge on any atom is -0.496 e. The number of ether oxygens (including phenoxy) is 1. The van der Waals surface area contributed by atoms with Crippen LogP contribution in [0.2, 0.25) is 0 Å². The van der Waals surface area contributed by atoms with Gasteiger partial charge in [0.25, 0.3) is 5.91 Å². The first-order valence-electron chi connectivity index (χ1n) is 12.9. The second-order valence-corrected chi connectivity index (χ2v) is 9.43. The number of para-hydroxylation sites is 1. The summed E-state index contributed by atoms with van der Waals surface area (Å²) in [5.41, 5.74) is 8.09. The van der Waals surface area contributed by atoms with Gasteiger partial charge in [-0.15, -0.1) is 0 Å². The quantitative estimate of drug-likeness (QED) is 0.227. The Bertz CT molecular complexity index is 1790. The first kappa shape index (κ1) is 24.9. The van der Waals surface area contributed by atoms with Crippen molar-refractivity contribution in [2.45, 2.75) is 6.92 Å². The maximum Gasteiger partial charge on any atom is 0.255 e. The van der Waals surface area contributed by atoms with Gasteiger partial charge < -0.3 is 15.4 Å². The first-order valence-corrected chi connectivity index (χ1v) is 12.9. The first-order chi connectivity index (χ1) is 19.6. The number of amides is 1. The number of carbonyl (C=O) groups is 1. The molecular formula is C33H27N5O2. The molecule has 0 atom stereocenters. The Hall–Kier alpha value is -5.43. The topological polar surface area (TPSA) is 80.5 Å². The number of methoxy groups -OCH3 is 1. The monoisotopic (exact) mass is 525 g/mol. The van der Waals surface area contributed by atoms with Gasteiger partial charge in [-0.1, -0.05) is 60.2 Å². The van der Waals surface area contributed by atoms with E-state index in [9.17, 15) is 4.79 Å². The molecule has 0 fully saturated rings. The molecular weight excluding hydrogens is 498 g/mol. The second-order valence-electron chi connectivity index (χ2n) is 9.43. The van der Waals surface area contributed by atoms with Crippen LogP contribution in [-0.2, 0) is 0 Å². The van der Waals surface area contributed by atoms with E-state index in [1.54, 1.807) is 17.8 Å². The van der Waals surface area contributed by atoms with E-state index < -0.39 is 0 Å². The van der Waals surface area contributed by atoms with E-state index >= 15 is 0 Å². The Balaban J connectivity index is 1.23. The van der Waals surface area contributed by atoms with Crippen molar-refractivity contribution in [3.8, 4) is 28.1 Å². The third-order valence-corrected chi connectivity index (χ3v) is 6.69. The molecule has 0 saturated heterocycles. The summed E-state index contributed by atoms with van der Waals surface area (Å²) in [6.07, 6.45) is 1.75. The lowest BCUT2D eigenvalue weighted by atomic mass is 10.0. The highest BCUT2D eigenvalue weighted by Crippen LogP contribution is 2.32. The van der Waals surface area contributed by atoms with Gasteiger partial charge in [0.2, 0.25) is 5.95 Å². The molecule has 6 aromatic rings. The Labute approximate surface area is 232 Å². The number of hydrogen-bond acceptors (Lipinski definition) is 5. The summed E-state index contributed by atoms with van der Waals surface area (Å²) in [7, 11) is 1.68. The zero-order valence-electron chi connectivity index (χ0n) is 22.1. The van der Waals surface area contributed by atoms with Gasteiger partial charge in [-0.05, 0) is 67.1 Å². The van der Waals surface area contributed by atoms with E-state index in [4.69, 9.17) is 9.72 Å². The third kappa shape index (κ3) is 5.13. The zero-order chi connectivity index (χ0) is 27.5. The molecule has 0 unspecified atom stereocenters. The molecule has 7 heteroatoms. The lowest BCUT2D eigenvalue weighted by molar-refractivity contribution is 0.102. The van der Waals surface area contributed by atoms with Crippen molar-refractivity contribution >= 4 is 28.7 Å². The fraction of sp³-hybridized carbons (Fsp3) is 0.0606. The molecule has 40 heavy (non-hydrogen) atoms. The molecule has 0 aliphatic heterocycles. The minimum atomic E-state index is -0.148. The molecule has 0 radical (unpaired) electrons. The van der Waals surface area contributed by atoms with Crippen LogP contribution in [0, 0.1) is 6.92 Å². The summed E-state index contributed by atoms with van der Waals surface area (Å²) in [6, 6.07) is 35.2. The Morgan fingerprint density at radius 3 is 2.25 bits per heavy atom. The van der Waals surface area contributed by atoms with Crippen LogP contribution in [-0.4, -0.2) is 27.6 Å². The van der Waals surface area contributed by atoms with Crippen LogP contribution in [0.5, 0.6) is 5.75 Å². The van der Waals surface area contributed by atoms with Crippen molar-refractivity contribution < 1.29 is 9.53 Å². The van der Waals surface area contributed by atoms with E-state index in [-0.39, 0.29) is 5.91 Å². The molecule has 2 aromatic heterocycles. The molecule has 1 amide bonds. The highest BCUT2D eigenvalue weighted by Gasteiger charge is 2.11. The number of carbonyl (C=O) groups excluding carboxylic acids is 1. The summed E-state index contributed by atoms with van der Waals surface area (Å²) in [5.74, 6) is 1.27. The second kappa shape index (κ2) is 10.7. The Morgan fingerprint density at radius 2 is 1.50 bits per heavy atom. The van der Waals surface area contributed by atoms with Crippen LogP contribution in [0.1, 0.15) is 15.9 Å². The van der Waals surface area contributed by atoms with E-state index in [2.05, 4.69) is 40.0 Å². The van der Waals surface area contributed by atoms with Crippen LogP contribution < -0.4 is 15.4 Å². The van der Waals surface area contributed by atoms with Crippen molar-refractivity contribution in [3.63, 3.8) is 0 Å². The summed E-state index contributed by atoms with van der Waals surface area (Å²) in [4.78, 5) is 17.5. The largest absolute Gasteiger partial charge is 0.496 e. The number of nitrogens with one attached hydrogen (secondary N) is 2. The highest BCUT2D eigenvalue weighted by atomic mass is 16.5. The van der Waals surface area contributed by atoms with Gasteiger partial charge in [0.05, 0.1) is 24.5 Å². The number of benzene rings is 4. The number of fused-ring (bicyclic) bond motifs is 1. The van der Waals surface area contributed by atoms with Gasteiger partial charge in [-0.2, -0.15) is 5.10 Å². The maximum atomic E-state index is 12.6. The predicted molar refractivity (Wildman–Crippen MR) is 159 cm³/mol. The fourth-order valence-electron chi connectivity index (χ4n) is 4.54. The summed E-state index contributed by atoms with van der Waals surface area (Å²) in [5, 5.41) is 10.8. The van der Waals surface area contributed by atoms with E-state index in [0.717, 1.165) is 44.9 Å². The average molecular weight is 526 g/mol. The van der Waals surface area contributed by atoms with Gasteiger partial charge in [0.1, 0.15) is 5.75 Å². The number of anilines is 3. The lowest BCUT2D eigenvalue weighted by Crippen LogP contribution is -2.11. The SMILES string of the molecule is COc1ccccc1-c1ccc(-c2cc3ccnn3c(Nc3ccc(NC(=O)c4ccc(C)cc4)cc3)n2)cc1. The molecule has 0 bridgehead atoms. The molecule has 0 saturated carbocycles. The van der Waals surface area contributed by atoms with E-state index in [1.165, 1.54) is 0 Å². The molecule has 0 aliphatic rings. The summed E-state index contributed by atoms with van der Waals surface area (Å²) < 4.78 is 7.29. The summed E-state index contributed by atoms with van der Waals surface area (Å²) in [6.45, 7) is 1.99. The Morgan fingerprint density at radius 1 is 0.800 bits per heavy atom. The minimum absolute atomic E-state index is 0.148. The van der Waals surface area contributed by atoms with Gasteiger partial charge in [-0.25, -0.2) is 9.50 Å². The van der Waals surface area contributed by atoms with Crippen molar-refractivity contribution in [1.82, 2.24) is 14.6 Å². The standard InChI is InChI=1S/C33H27N5O2/c1-22-7-9-25(10-8-22)32(39)35-26-15-17-27(18-16-26)36-33-37-30(21-28-19-20-34-38(28)33)24-13-11-23(12-14-24)29-5-3-4-6-31(29)40-2/h3-21H,1-2H3,(H,35,39)(H,36,37). The van der Waals surface area contributed by atoms with Crippen molar-refractivity contribution in [3.05, 3.63) is 127 Å². The van der Waals surface area contributed by atoms with Crippen LogP contribution in [0.4, 0.5) is 17.3 Å². The van der Waals surface area contributed by atoms with Crippen LogP contribution in [0.3, 0.4) is 0 Å². The zero-order valence-corrected chi connectivity index (χ0v) is 22.1. The fourth-order valence-corrected chi connectivity index (χ4v) is 4.54. The van der Waals surface area contributed by atoms with Gasteiger partial charge >= 0.3 is 0 Å². The number of aryl methyl sites for hydroxylation is 1. The van der Waals surface area contributed by atoms with Gasteiger partial charge in [0.15, 0.2) is 0 Å². The molecule has 0 spiro atoms. The number of aromatic nitrogens is 3. The van der Waals surface area contributed by atoms with Crippen molar-refractivity contribution in [2.75, 3.05) is 17.7 Å². The van der Waals surface area contributed by atoms with Crippen molar-refractivity contribution in [1.29, 1.82) is 0 Å². The molecule has 2 heterocycles. The molecule has 7 nitrogen and oxygen atoms in total. The van der Waals surface area contributed by atoms with Crippen LogP contribution >= 0.6 is 0 Å². The number of nitrogens with zero attached hydrogens (tertiary/aromatic N) is 3. The Kier molecular flexibility index (Phi) is 6.68. The molecule has 0 aliphatic carbocycles. The molecule has 4 aromatic carbocycles. The predicted octanol–water partition coefficient (Wildman–Crippen LogP) is 7.38. The smallest absolute Gasteiger partial charge is 0.255 e. The third-order valence-electron chi connectivity index (χ3n) is 6.69.